The van der Waals surface area contributed by atoms with E-state index in [1.165, 1.54) is 6.20 Å². The lowest BCUT2D eigenvalue weighted by Crippen LogP contribution is -2.36. The number of rotatable bonds is 6. The summed E-state index contributed by atoms with van der Waals surface area (Å²) in [6.07, 6.45) is -2.29. The van der Waals surface area contributed by atoms with Crippen molar-refractivity contribution in [3.05, 3.63) is 17.8 Å². The van der Waals surface area contributed by atoms with E-state index < -0.39 is 12.6 Å². The van der Waals surface area contributed by atoms with Crippen molar-refractivity contribution < 1.29 is 17.6 Å². The number of aryl methyl sites for hydroxylation is 2. The summed E-state index contributed by atoms with van der Waals surface area (Å²) < 4.78 is 41.4. The van der Waals surface area contributed by atoms with Crippen LogP contribution in [-0.2, 0) is 12.8 Å². The number of nitrogens with one attached hydrogen (secondary N) is 1. The largest absolute Gasteiger partial charge is 0.446 e. The fourth-order valence-corrected chi connectivity index (χ4v) is 1.55. The van der Waals surface area contributed by atoms with Crippen molar-refractivity contribution >= 4 is 0 Å². The Labute approximate surface area is 111 Å². The molecule has 1 aromatic rings. The lowest BCUT2D eigenvalue weighted by atomic mass is 10.1. The van der Waals surface area contributed by atoms with Gasteiger partial charge in [-0.2, -0.15) is 13.2 Å². The van der Waals surface area contributed by atoms with Crippen LogP contribution in [0.3, 0.4) is 0 Å². The molecule has 110 valence electrons. The van der Waals surface area contributed by atoms with Crippen LogP contribution in [0, 0.1) is 0 Å². The summed E-state index contributed by atoms with van der Waals surface area (Å²) >= 11 is 0. The average molecular weight is 278 g/mol. The van der Waals surface area contributed by atoms with Gasteiger partial charge < -0.3 is 9.73 Å². The summed E-state index contributed by atoms with van der Waals surface area (Å²) in [7, 11) is 0. The molecule has 0 aliphatic carbocycles. The molecule has 1 rings (SSSR count). The zero-order valence-electron chi connectivity index (χ0n) is 11.6. The van der Waals surface area contributed by atoms with E-state index in [0.29, 0.717) is 18.1 Å². The van der Waals surface area contributed by atoms with Crippen LogP contribution in [0.15, 0.2) is 10.6 Å². The molecular weight excluding hydrogens is 257 g/mol. The van der Waals surface area contributed by atoms with E-state index in [1.807, 2.05) is 0 Å². The molecule has 0 amide bonds. The maximum Gasteiger partial charge on any atom is 0.389 e. The predicted octanol–water partition coefficient (Wildman–Crippen LogP) is 3.49. The van der Waals surface area contributed by atoms with Gasteiger partial charge in [-0.1, -0.05) is 0 Å². The van der Waals surface area contributed by atoms with Crippen LogP contribution < -0.4 is 5.32 Å². The molecule has 0 aromatic carbocycles. The maximum absolute atomic E-state index is 12.0. The van der Waals surface area contributed by atoms with Crippen LogP contribution in [0.4, 0.5) is 13.2 Å². The third kappa shape index (κ3) is 7.87. The molecule has 1 heterocycles. The predicted molar refractivity (Wildman–Crippen MR) is 67.0 cm³/mol. The van der Waals surface area contributed by atoms with E-state index in [-0.39, 0.29) is 12.0 Å². The highest BCUT2D eigenvalue weighted by atomic mass is 19.4. The Bertz CT molecular complexity index is 380. The van der Waals surface area contributed by atoms with Gasteiger partial charge in [-0.15, -0.1) is 0 Å². The van der Waals surface area contributed by atoms with Gasteiger partial charge >= 0.3 is 6.18 Å². The molecule has 0 aliphatic heterocycles. The zero-order valence-corrected chi connectivity index (χ0v) is 11.6. The topological polar surface area (TPSA) is 38.1 Å². The number of halogens is 3. The molecule has 0 atom stereocenters. The fraction of sp³-hybridized carbons (Fsp3) is 0.769. The molecular formula is C13H21F3N2O. The van der Waals surface area contributed by atoms with E-state index in [0.717, 1.165) is 13.0 Å². The van der Waals surface area contributed by atoms with Gasteiger partial charge in [0.05, 0.1) is 12.6 Å². The van der Waals surface area contributed by atoms with Crippen LogP contribution in [0.25, 0.3) is 0 Å². The molecule has 0 unspecified atom stereocenters. The minimum Gasteiger partial charge on any atom is -0.446 e. The Morgan fingerprint density at radius 1 is 1.21 bits per heavy atom. The van der Waals surface area contributed by atoms with Gasteiger partial charge in [0.1, 0.15) is 5.76 Å². The van der Waals surface area contributed by atoms with Crippen molar-refractivity contribution in [2.24, 2.45) is 0 Å². The van der Waals surface area contributed by atoms with E-state index in [2.05, 4.69) is 31.1 Å². The minimum absolute atomic E-state index is 0.0639. The fourth-order valence-electron chi connectivity index (χ4n) is 1.55. The Morgan fingerprint density at radius 2 is 1.89 bits per heavy atom. The highest BCUT2D eigenvalue weighted by Crippen LogP contribution is 2.22. The van der Waals surface area contributed by atoms with Gasteiger partial charge in [0.15, 0.2) is 5.89 Å². The molecule has 3 nitrogen and oxygen atoms in total. The Balaban J connectivity index is 2.27. The van der Waals surface area contributed by atoms with Crippen LogP contribution in [0.1, 0.15) is 45.3 Å². The molecule has 19 heavy (non-hydrogen) atoms. The minimum atomic E-state index is -4.15. The third-order valence-electron chi connectivity index (χ3n) is 2.48. The van der Waals surface area contributed by atoms with Crippen molar-refractivity contribution in [1.82, 2.24) is 10.3 Å². The van der Waals surface area contributed by atoms with Crippen molar-refractivity contribution in [1.29, 1.82) is 0 Å². The molecule has 0 fully saturated rings. The van der Waals surface area contributed by atoms with Crippen molar-refractivity contribution in [2.75, 3.05) is 6.54 Å². The molecule has 1 N–H and O–H groups in total. The standard InChI is InChI=1S/C13H21F3N2O/c1-12(2,3)18-8-4-5-11-17-9-10(19-11)6-7-13(14,15)16/h9,18H,4-8H2,1-3H3. The second kappa shape index (κ2) is 6.41. The van der Waals surface area contributed by atoms with Crippen LogP contribution >= 0.6 is 0 Å². The Kier molecular flexibility index (Phi) is 5.40. The quantitative estimate of drug-likeness (QED) is 0.809. The lowest BCUT2D eigenvalue weighted by Gasteiger charge is -2.20. The summed E-state index contributed by atoms with van der Waals surface area (Å²) in [5.41, 5.74) is 0.0639. The first-order valence-corrected chi connectivity index (χ1v) is 6.41. The number of alkyl halides is 3. The normalized spacial score (nSPS) is 12.9. The number of aromatic nitrogens is 1. The van der Waals surface area contributed by atoms with Crippen molar-refractivity contribution in [2.45, 2.75) is 58.2 Å². The monoisotopic (exact) mass is 278 g/mol. The van der Waals surface area contributed by atoms with Gasteiger partial charge in [0, 0.05) is 18.4 Å². The summed E-state index contributed by atoms with van der Waals surface area (Å²) in [4.78, 5) is 3.99. The molecule has 0 saturated heterocycles. The lowest BCUT2D eigenvalue weighted by molar-refractivity contribution is -0.134. The molecule has 0 bridgehead atoms. The Morgan fingerprint density at radius 3 is 2.47 bits per heavy atom. The van der Waals surface area contributed by atoms with Crippen molar-refractivity contribution in [3.8, 4) is 0 Å². The molecule has 1 aromatic heterocycles. The summed E-state index contributed by atoms with van der Waals surface area (Å²) in [6, 6.07) is 0. The summed E-state index contributed by atoms with van der Waals surface area (Å²) in [5, 5.41) is 3.33. The highest BCUT2D eigenvalue weighted by Gasteiger charge is 2.27. The first-order chi connectivity index (χ1) is 8.66. The number of oxazole rings is 1. The smallest absolute Gasteiger partial charge is 0.389 e. The number of hydrogen-bond donors (Lipinski definition) is 1. The van der Waals surface area contributed by atoms with E-state index in [9.17, 15) is 13.2 Å². The third-order valence-corrected chi connectivity index (χ3v) is 2.48. The van der Waals surface area contributed by atoms with Gasteiger partial charge in [0.2, 0.25) is 0 Å². The zero-order chi connectivity index (χ0) is 14.5. The van der Waals surface area contributed by atoms with Gasteiger partial charge in [-0.3, -0.25) is 0 Å². The SMILES string of the molecule is CC(C)(C)NCCCc1ncc(CCC(F)(F)F)o1. The highest BCUT2D eigenvalue weighted by molar-refractivity contribution is 4.95. The van der Waals surface area contributed by atoms with Crippen LogP contribution in [-0.4, -0.2) is 23.2 Å². The van der Waals surface area contributed by atoms with Crippen molar-refractivity contribution in [3.63, 3.8) is 0 Å². The second-order valence-corrected chi connectivity index (χ2v) is 5.62. The second-order valence-electron chi connectivity index (χ2n) is 5.62. The van der Waals surface area contributed by atoms with E-state index in [1.54, 1.807) is 0 Å². The molecule has 0 aliphatic rings. The van der Waals surface area contributed by atoms with E-state index in [4.69, 9.17) is 4.42 Å². The van der Waals surface area contributed by atoms with Gasteiger partial charge in [0.25, 0.3) is 0 Å². The maximum atomic E-state index is 12.0. The van der Waals surface area contributed by atoms with Gasteiger partial charge in [-0.25, -0.2) is 4.98 Å². The molecule has 0 radical (unpaired) electrons. The Hall–Kier alpha value is -1.04. The number of hydrogen-bond acceptors (Lipinski definition) is 3. The van der Waals surface area contributed by atoms with Gasteiger partial charge in [-0.05, 0) is 33.7 Å². The first-order valence-electron chi connectivity index (χ1n) is 6.41. The molecule has 0 spiro atoms. The van der Waals surface area contributed by atoms with Crippen LogP contribution in [0.5, 0.6) is 0 Å². The molecule has 0 saturated carbocycles. The first kappa shape index (κ1) is 16.0. The summed E-state index contributed by atoms with van der Waals surface area (Å²) in [5.74, 6) is 0.809. The average Bonchev–Trinajstić information content (AvgIpc) is 2.67. The summed E-state index contributed by atoms with van der Waals surface area (Å²) in [6.45, 7) is 7.05. The van der Waals surface area contributed by atoms with Crippen LogP contribution in [0.2, 0.25) is 0 Å². The molecule has 6 heteroatoms. The van der Waals surface area contributed by atoms with E-state index >= 15 is 0 Å². The number of nitrogens with zero attached hydrogens (tertiary/aromatic N) is 1.